The van der Waals surface area contributed by atoms with Crippen LogP contribution in [0.2, 0.25) is 0 Å². The van der Waals surface area contributed by atoms with Crippen LogP contribution in [-0.2, 0) is 4.79 Å². The highest BCUT2D eigenvalue weighted by molar-refractivity contribution is 8.00. The van der Waals surface area contributed by atoms with Gasteiger partial charge in [0.15, 0.2) is 0 Å². The Hall–Kier alpha value is -2.55. The van der Waals surface area contributed by atoms with Crippen molar-refractivity contribution in [3.05, 3.63) is 24.3 Å². The summed E-state index contributed by atoms with van der Waals surface area (Å²) < 4.78 is 11.0. The van der Waals surface area contributed by atoms with Crippen molar-refractivity contribution in [1.82, 2.24) is 20.4 Å². The van der Waals surface area contributed by atoms with E-state index in [9.17, 15) is 9.59 Å². The molecular formula is C16H18N4O4S. The summed E-state index contributed by atoms with van der Waals surface area (Å²) in [6.07, 6.45) is 0. The average Bonchev–Trinajstić information content (AvgIpc) is 3.24. The van der Waals surface area contributed by atoms with E-state index in [2.05, 4.69) is 15.5 Å². The van der Waals surface area contributed by atoms with Gasteiger partial charge in [-0.2, -0.15) is 0 Å². The first-order chi connectivity index (χ1) is 12.1. The lowest BCUT2D eigenvalue weighted by molar-refractivity contribution is -0.126. The van der Waals surface area contributed by atoms with Crippen LogP contribution in [0.5, 0.6) is 5.75 Å². The number of urea groups is 1. The number of imide groups is 1. The molecule has 8 nitrogen and oxygen atoms in total. The standard InChI is InChI=1S/C16H18N4O4S/c1-3-23-12-6-4-11(5-7-12)13-18-19-16(24-13)25-10(2)14(21)20-9-8-17-15(20)22/h4-7,10H,3,8-9H2,1-2H3,(H,17,22)/t10-/m1/s1. The van der Waals surface area contributed by atoms with Gasteiger partial charge in [0.05, 0.1) is 11.9 Å². The summed E-state index contributed by atoms with van der Waals surface area (Å²) in [5.41, 5.74) is 0.765. The molecule has 3 rings (SSSR count). The number of hydrogen-bond acceptors (Lipinski definition) is 7. The van der Waals surface area contributed by atoms with Crippen molar-refractivity contribution in [1.29, 1.82) is 0 Å². The SMILES string of the molecule is CCOc1ccc(-c2nnc(S[C@H](C)C(=O)N3CCNC3=O)o2)cc1. The Balaban J connectivity index is 1.64. The van der Waals surface area contributed by atoms with E-state index in [0.717, 1.165) is 23.1 Å². The molecule has 1 atom stereocenters. The van der Waals surface area contributed by atoms with Gasteiger partial charge in [-0.3, -0.25) is 9.69 Å². The van der Waals surface area contributed by atoms with Gasteiger partial charge < -0.3 is 14.5 Å². The molecule has 2 heterocycles. The van der Waals surface area contributed by atoms with E-state index in [1.165, 1.54) is 4.90 Å². The third kappa shape index (κ3) is 3.93. The average molecular weight is 362 g/mol. The van der Waals surface area contributed by atoms with Crippen LogP contribution in [-0.4, -0.2) is 52.0 Å². The van der Waals surface area contributed by atoms with Gasteiger partial charge in [0, 0.05) is 18.7 Å². The number of carbonyl (C=O) groups is 2. The van der Waals surface area contributed by atoms with Crippen LogP contribution in [0, 0.1) is 0 Å². The van der Waals surface area contributed by atoms with Crippen molar-refractivity contribution in [3.8, 4) is 17.2 Å². The highest BCUT2D eigenvalue weighted by atomic mass is 32.2. The second-order valence-corrected chi connectivity index (χ2v) is 6.60. The third-order valence-corrected chi connectivity index (χ3v) is 4.49. The Labute approximate surface area is 148 Å². The predicted molar refractivity (Wildman–Crippen MR) is 91.3 cm³/mol. The van der Waals surface area contributed by atoms with E-state index in [1.807, 2.05) is 31.2 Å². The van der Waals surface area contributed by atoms with E-state index in [-0.39, 0.29) is 17.2 Å². The number of amides is 3. The monoisotopic (exact) mass is 362 g/mol. The fourth-order valence-electron chi connectivity index (χ4n) is 2.34. The van der Waals surface area contributed by atoms with Gasteiger partial charge in [-0.05, 0) is 38.1 Å². The normalized spacial score (nSPS) is 15.1. The summed E-state index contributed by atoms with van der Waals surface area (Å²) in [5.74, 6) is 0.855. The molecule has 0 aliphatic carbocycles. The van der Waals surface area contributed by atoms with Gasteiger partial charge in [0.1, 0.15) is 5.75 Å². The van der Waals surface area contributed by atoms with E-state index < -0.39 is 5.25 Å². The molecule has 2 aromatic rings. The van der Waals surface area contributed by atoms with Crippen LogP contribution in [0.1, 0.15) is 13.8 Å². The number of aromatic nitrogens is 2. The quantitative estimate of drug-likeness (QED) is 0.786. The van der Waals surface area contributed by atoms with Crippen LogP contribution in [0.4, 0.5) is 4.79 Å². The largest absolute Gasteiger partial charge is 0.494 e. The summed E-state index contributed by atoms with van der Waals surface area (Å²) in [4.78, 5) is 25.0. The number of ether oxygens (including phenoxy) is 1. The maximum Gasteiger partial charge on any atom is 0.324 e. The highest BCUT2D eigenvalue weighted by Gasteiger charge is 2.31. The number of rotatable bonds is 6. The van der Waals surface area contributed by atoms with Crippen molar-refractivity contribution in [3.63, 3.8) is 0 Å². The van der Waals surface area contributed by atoms with Crippen LogP contribution < -0.4 is 10.1 Å². The summed E-state index contributed by atoms with van der Waals surface area (Å²) in [6.45, 7) is 5.08. The first kappa shape index (κ1) is 17.3. The van der Waals surface area contributed by atoms with Crippen molar-refractivity contribution in [2.45, 2.75) is 24.3 Å². The number of nitrogens with zero attached hydrogens (tertiary/aromatic N) is 3. The zero-order chi connectivity index (χ0) is 17.8. The molecule has 9 heteroatoms. The second kappa shape index (κ2) is 7.56. The van der Waals surface area contributed by atoms with Crippen LogP contribution in [0.25, 0.3) is 11.5 Å². The Morgan fingerprint density at radius 3 is 2.80 bits per heavy atom. The molecule has 1 aliphatic heterocycles. The fraction of sp³-hybridized carbons (Fsp3) is 0.375. The Morgan fingerprint density at radius 2 is 2.16 bits per heavy atom. The maximum atomic E-state index is 12.3. The number of benzene rings is 1. The van der Waals surface area contributed by atoms with Gasteiger partial charge in [0.2, 0.25) is 11.8 Å². The molecule has 0 spiro atoms. The minimum absolute atomic E-state index is 0.277. The zero-order valence-corrected chi connectivity index (χ0v) is 14.7. The number of thioether (sulfide) groups is 1. The van der Waals surface area contributed by atoms with Gasteiger partial charge in [-0.25, -0.2) is 4.79 Å². The van der Waals surface area contributed by atoms with E-state index in [1.54, 1.807) is 6.92 Å². The lowest BCUT2D eigenvalue weighted by atomic mass is 10.2. The molecule has 3 amide bonds. The lowest BCUT2D eigenvalue weighted by Gasteiger charge is -2.15. The van der Waals surface area contributed by atoms with Crippen molar-refractivity contribution in [2.24, 2.45) is 0 Å². The van der Waals surface area contributed by atoms with E-state index in [0.29, 0.717) is 25.6 Å². The van der Waals surface area contributed by atoms with Gasteiger partial charge in [0.25, 0.3) is 5.22 Å². The van der Waals surface area contributed by atoms with Gasteiger partial charge >= 0.3 is 6.03 Å². The molecule has 25 heavy (non-hydrogen) atoms. The molecule has 1 fully saturated rings. The molecule has 132 valence electrons. The Kier molecular flexibility index (Phi) is 5.22. The third-order valence-electron chi connectivity index (χ3n) is 3.57. The molecule has 1 aliphatic rings. The van der Waals surface area contributed by atoms with Crippen molar-refractivity contribution < 1.29 is 18.7 Å². The Morgan fingerprint density at radius 1 is 1.40 bits per heavy atom. The van der Waals surface area contributed by atoms with Crippen LogP contribution >= 0.6 is 11.8 Å². The van der Waals surface area contributed by atoms with Crippen LogP contribution in [0.3, 0.4) is 0 Å². The molecule has 0 radical (unpaired) electrons. The van der Waals surface area contributed by atoms with Crippen molar-refractivity contribution >= 4 is 23.7 Å². The minimum atomic E-state index is -0.502. The number of nitrogens with one attached hydrogen (secondary N) is 1. The molecule has 1 aromatic heterocycles. The predicted octanol–water partition coefficient (Wildman–Crippen LogP) is 2.17. The fourth-order valence-corrected chi connectivity index (χ4v) is 3.08. The molecular weight excluding hydrogens is 344 g/mol. The topological polar surface area (TPSA) is 97.6 Å². The maximum absolute atomic E-state index is 12.3. The zero-order valence-electron chi connectivity index (χ0n) is 13.9. The smallest absolute Gasteiger partial charge is 0.324 e. The molecule has 0 unspecified atom stereocenters. The van der Waals surface area contributed by atoms with E-state index in [4.69, 9.17) is 9.15 Å². The second-order valence-electron chi connectivity index (χ2n) is 5.31. The summed E-state index contributed by atoms with van der Waals surface area (Å²) in [5, 5.41) is 10.4. The van der Waals surface area contributed by atoms with E-state index >= 15 is 0 Å². The molecule has 0 bridgehead atoms. The Bertz CT molecular complexity index is 762. The van der Waals surface area contributed by atoms with Gasteiger partial charge in [-0.1, -0.05) is 11.8 Å². The first-order valence-electron chi connectivity index (χ1n) is 7.91. The summed E-state index contributed by atoms with van der Waals surface area (Å²) in [6, 6.07) is 6.95. The van der Waals surface area contributed by atoms with Gasteiger partial charge in [-0.15, -0.1) is 10.2 Å². The minimum Gasteiger partial charge on any atom is -0.494 e. The summed E-state index contributed by atoms with van der Waals surface area (Å²) >= 11 is 1.13. The number of carbonyl (C=O) groups excluding carboxylic acids is 2. The molecule has 1 aromatic carbocycles. The first-order valence-corrected chi connectivity index (χ1v) is 8.79. The van der Waals surface area contributed by atoms with Crippen LogP contribution in [0.15, 0.2) is 33.9 Å². The highest BCUT2D eigenvalue weighted by Crippen LogP contribution is 2.28. The summed E-state index contributed by atoms with van der Waals surface area (Å²) in [7, 11) is 0. The number of hydrogen-bond donors (Lipinski definition) is 1. The lowest BCUT2D eigenvalue weighted by Crippen LogP contribution is -2.38. The molecule has 1 saturated heterocycles. The van der Waals surface area contributed by atoms with Crippen molar-refractivity contribution in [2.75, 3.05) is 19.7 Å². The molecule has 1 N–H and O–H groups in total. The molecule has 0 saturated carbocycles.